The van der Waals surface area contributed by atoms with Crippen LogP contribution in [0.5, 0.6) is 0 Å². The molecule has 0 bridgehead atoms. The lowest BCUT2D eigenvalue weighted by Crippen LogP contribution is -2.48. The van der Waals surface area contributed by atoms with Crippen molar-refractivity contribution in [3.63, 3.8) is 0 Å². The average Bonchev–Trinajstić information content (AvgIpc) is 2.77. The van der Waals surface area contributed by atoms with E-state index in [0.717, 1.165) is 24.0 Å². The van der Waals surface area contributed by atoms with E-state index in [0.29, 0.717) is 32.3 Å². The van der Waals surface area contributed by atoms with Gasteiger partial charge in [0.05, 0.1) is 6.54 Å². The van der Waals surface area contributed by atoms with E-state index in [-0.39, 0.29) is 41.8 Å². The van der Waals surface area contributed by atoms with Gasteiger partial charge in [0, 0.05) is 31.7 Å². The third-order valence-corrected chi connectivity index (χ3v) is 5.79. The Morgan fingerprint density at radius 3 is 2.35 bits per heavy atom. The van der Waals surface area contributed by atoms with Crippen LogP contribution >= 0.6 is 24.0 Å². The van der Waals surface area contributed by atoms with E-state index in [1.807, 2.05) is 49.4 Å². The summed E-state index contributed by atoms with van der Waals surface area (Å²) in [5.41, 5.74) is 0.727. The zero-order valence-electron chi connectivity index (χ0n) is 18.2. The molecule has 1 saturated heterocycles. The van der Waals surface area contributed by atoms with Crippen molar-refractivity contribution in [3.05, 3.63) is 71.5 Å². The van der Waals surface area contributed by atoms with E-state index in [2.05, 4.69) is 15.6 Å². The third kappa shape index (κ3) is 6.89. The number of rotatable bonds is 7. The van der Waals surface area contributed by atoms with Gasteiger partial charge >= 0.3 is 0 Å². The van der Waals surface area contributed by atoms with E-state index in [9.17, 15) is 9.50 Å². The number of aliphatic imine (C=N–C) groups is 1. The SMILES string of the molecule is CCNC(=NCC(C)(O)c1ccccc1)NCC1(c2ccc(F)cc2)CCOCC1.I. The van der Waals surface area contributed by atoms with Crippen LogP contribution in [0.1, 0.15) is 37.8 Å². The van der Waals surface area contributed by atoms with Gasteiger partial charge < -0.3 is 20.5 Å². The number of nitrogens with one attached hydrogen (secondary N) is 2. The number of hydrogen-bond acceptors (Lipinski definition) is 3. The van der Waals surface area contributed by atoms with Gasteiger partial charge in [0.2, 0.25) is 0 Å². The molecule has 7 heteroatoms. The summed E-state index contributed by atoms with van der Waals surface area (Å²) in [5, 5.41) is 17.6. The summed E-state index contributed by atoms with van der Waals surface area (Å²) in [7, 11) is 0. The molecular weight excluding hydrogens is 508 g/mol. The summed E-state index contributed by atoms with van der Waals surface area (Å²) in [6.07, 6.45) is 1.71. The van der Waals surface area contributed by atoms with Crippen molar-refractivity contribution < 1.29 is 14.2 Å². The molecule has 1 aliphatic rings. The second-order valence-electron chi connectivity index (χ2n) is 8.09. The van der Waals surface area contributed by atoms with Gasteiger partial charge in [0.15, 0.2) is 5.96 Å². The molecule has 2 aromatic carbocycles. The van der Waals surface area contributed by atoms with Crippen LogP contribution < -0.4 is 10.6 Å². The van der Waals surface area contributed by atoms with Crippen molar-refractivity contribution in [1.82, 2.24) is 10.6 Å². The second kappa shape index (κ2) is 11.8. The maximum atomic E-state index is 13.5. The van der Waals surface area contributed by atoms with E-state index in [4.69, 9.17) is 4.74 Å². The Labute approximate surface area is 201 Å². The normalized spacial score (nSPS) is 17.9. The first-order valence-electron chi connectivity index (χ1n) is 10.6. The van der Waals surface area contributed by atoms with Crippen LogP contribution in [0.2, 0.25) is 0 Å². The van der Waals surface area contributed by atoms with Gasteiger partial charge in [-0.05, 0) is 49.9 Å². The number of halogens is 2. The van der Waals surface area contributed by atoms with Crippen LogP contribution in [0.15, 0.2) is 59.6 Å². The number of nitrogens with zero attached hydrogens (tertiary/aromatic N) is 1. The van der Waals surface area contributed by atoms with Crippen LogP contribution in [-0.4, -0.2) is 43.9 Å². The highest BCUT2D eigenvalue weighted by atomic mass is 127. The fraction of sp³-hybridized carbons (Fsp3) is 0.458. The first-order chi connectivity index (χ1) is 14.5. The monoisotopic (exact) mass is 541 g/mol. The number of benzene rings is 2. The van der Waals surface area contributed by atoms with Crippen molar-refractivity contribution in [2.45, 2.75) is 37.7 Å². The molecule has 1 fully saturated rings. The van der Waals surface area contributed by atoms with E-state index in [1.54, 1.807) is 6.92 Å². The fourth-order valence-electron chi connectivity index (χ4n) is 3.85. The summed E-state index contributed by atoms with van der Waals surface area (Å²) in [6, 6.07) is 16.3. The molecule has 1 aliphatic heterocycles. The molecule has 1 atom stereocenters. The summed E-state index contributed by atoms with van der Waals surface area (Å²) in [6.45, 7) is 6.74. The van der Waals surface area contributed by atoms with Gasteiger partial charge in [-0.1, -0.05) is 42.5 Å². The van der Waals surface area contributed by atoms with Crippen molar-refractivity contribution in [3.8, 4) is 0 Å². The predicted molar refractivity (Wildman–Crippen MR) is 134 cm³/mol. The van der Waals surface area contributed by atoms with E-state index in [1.165, 1.54) is 12.1 Å². The van der Waals surface area contributed by atoms with Gasteiger partial charge in [-0.15, -0.1) is 24.0 Å². The third-order valence-electron chi connectivity index (χ3n) is 5.79. The highest BCUT2D eigenvalue weighted by Crippen LogP contribution is 2.34. The maximum Gasteiger partial charge on any atom is 0.191 e. The molecule has 3 N–H and O–H groups in total. The van der Waals surface area contributed by atoms with Crippen molar-refractivity contribution in [2.24, 2.45) is 4.99 Å². The van der Waals surface area contributed by atoms with Gasteiger partial charge in [-0.2, -0.15) is 0 Å². The highest BCUT2D eigenvalue weighted by molar-refractivity contribution is 14.0. The lowest BCUT2D eigenvalue weighted by atomic mass is 9.74. The molecule has 1 heterocycles. The van der Waals surface area contributed by atoms with Crippen LogP contribution in [-0.2, 0) is 15.8 Å². The molecule has 31 heavy (non-hydrogen) atoms. The minimum Gasteiger partial charge on any atom is -0.384 e. The number of hydrogen-bond donors (Lipinski definition) is 3. The standard InChI is InChI=1S/C24H32FN3O2.HI/c1-3-26-22(27-17-23(2,29)19-7-5-4-6-8-19)28-18-24(13-15-30-16-14-24)20-9-11-21(25)12-10-20;/h4-12,29H,3,13-18H2,1-2H3,(H2,26,27,28);1H. The van der Waals surface area contributed by atoms with Gasteiger partial charge in [0.25, 0.3) is 0 Å². The zero-order chi connectivity index (χ0) is 21.5. The first kappa shape index (κ1) is 25.5. The minimum atomic E-state index is -1.06. The lowest BCUT2D eigenvalue weighted by molar-refractivity contribution is 0.0513. The quantitative estimate of drug-likeness (QED) is 0.282. The van der Waals surface area contributed by atoms with Crippen LogP contribution in [0.3, 0.4) is 0 Å². The van der Waals surface area contributed by atoms with Gasteiger partial charge in [-0.3, -0.25) is 0 Å². The maximum absolute atomic E-state index is 13.5. The molecular formula is C24H33FIN3O2. The molecule has 0 aliphatic carbocycles. The molecule has 5 nitrogen and oxygen atoms in total. The topological polar surface area (TPSA) is 65.9 Å². The second-order valence-corrected chi connectivity index (χ2v) is 8.09. The Balaban J connectivity index is 0.00000341. The fourth-order valence-corrected chi connectivity index (χ4v) is 3.85. The summed E-state index contributed by atoms with van der Waals surface area (Å²) in [5.74, 6) is 0.425. The lowest BCUT2D eigenvalue weighted by Gasteiger charge is -2.38. The van der Waals surface area contributed by atoms with Crippen LogP contribution in [0, 0.1) is 5.82 Å². The molecule has 0 saturated carbocycles. The summed E-state index contributed by atoms with van der Waals surface area (Å²) >= 11 is 0. The Kier molecular flexibility index (Phi) is 9.71. The molecule has 1 unspecified atom stereocenters. The molecule has 0 amide bonds. The highest BCUT2D eigenvalue weighted by Gasteiger charge is 2.34. The smallest absolute Gasteiger partial charge is 0.191 e. The molecule has 0 spiro atoms. The van der Waals surface area contributed by atoms with Crippen LogP contribution in [0.4, 0.5) is 4.39 Å². The Hall–Kier alpha value is -1.71. The molecule has 0 radical (unpaired) electrons. The molecule has 3 rings (SSSR count). The first-order valence-corrected chi connectivity index (χ1v) is 10.6. The molecule has 0 aromatic heterocycles. The van der Waals surface area contributed by atoms with E-state index >= 15 is 0 Å². The average molecular weight is 541 g/mol. The minimum absolute atomic E-state index is 0. The van der Waals surface area contributed by atoms with E-state index < -0.39 is 5.60 Å². The summed E-state index contributed by atoms with van der Waals surface area (Å²) < 4.78 is 19.0. The number of aliphatic hydroxyl groups is 1. The van der Waals surface area contributed by atoms with Crippen molar-refractivity contribution in [2.75, 3.05) is 32.8 Å². The van der Waals surface area contributed by atoms with Gasteiger partial charge in [0.1, 0.15) is 11.4 Å². The van der Waals surface area contributed by atoms with Crippen molar-refractivity contribution >= 4 is 29.9 Å². The van der Waals surface area contributed by atoms with Gasteiger partial charge in [-0.25, -0.2) is 9.38 Å². The number of guanidine groups is 1. The Morgan fingerprint density at radius 1 is 1.10 bits per heavy atom. The Morgan fingerprint density at radius 2 is 1.74 bits per heavy atom. The molecule has 2 aromatic rings. The summed E-state index contributed by atoms with van der Waals surface area (Å²) in [4.78, 5) is 4.64. The predicted octanol–water partition coefficient (Wildman–Crippen LogP) is 3.95. The van der Waals surface area contributed by atoms with Crippen LogP contribution in [0.25, 0.3) is 0 Å². The number of ether oxygens (including phenoxy) is 1. The Bertz CT molecular complexity index is 822. The largest absolute Gasteiger partial charge is 0.384 e. The zero-order valence-corrected chi connectivity index (χ0v) is 20.6. The van der Waals surface area contributed by atoms with Crippen molar-refractivity contribution in [1.29, 1.82) is 0 Å². The molecule has 170 valence electrons.